The number of rotatable bonds is 4. The van der Waals surface area contributed by atoms with Gasteiger partial charge in [0, 0.05) is 0 Å². The molecule has 0 N–H and O–H groups in total. The number of hydrogen-bond acceptors (Lipinski definition) is 1. The standard InChI is InChI=1S/C16H16O/c1-2-3-7-14-10-12-16(13-11-14)17-15-8-5-4-6-9-15/h3-13H,2H2,1H3/b7-3+. The van der Waals surface area contributed by atoms with Crippen LogP contribution < -0.4 is 4.74 Å². The van der Waals surface area contributed by atoms with Crippen molar-refractivity contribution in [2.75, 3.05) is 0 Å². The van der Waals surface area contributed by atoms with E-state index in [-0.39, 0.29) is 0 Å². The number of ether oxygens (including phenoxy) is 1. The van der Waals surface area contributed by atoms with E-state index in [1.807, 2.05) is 42.5 Å². The first-order chi connectivity index (χ1) is 8.38. The van der Waals surface area contributed by atoms with Crippen molar-refractivity contribution in [1.29, 1.82) is 0 Å². The lowest BCUT2D eigenvalue weighted by atomic mass is 10.2. The van der Waals surface area contributed by atoms with Crippen LogP contribution in [0.25, 0.3) is 6.08 Å². The van der Waals surface area contributed by atoms with Crippen molar-refractivity contribution in [3.8, 4) is 11.5 Å². The third kappa shape index (κ3) is 3.49. The third-order valence-corrected chi connectivity index (χ3v) is 2.41. The minimum atomic E-state index is 0.865. The van der Waals surface area contributed by atoms with Gasteiger partial charge in [-0.05, 0) is 36.2 Å². The van der Waals surface area contributed by atoms with Crippen molar-refractivity contribution in [2.45, 2.75) is 13.3 Å². The van der Waals surface area contributed by atoms with Crippen molar-refractivity contribution in [2.24, 2.45) is 0 Å². The highest BCUT2D eigenvalue weighted by atomic mass is 16.5. The second-order valence-electron chi connectivity index (χ2n) is 3.79. The van der Waals surface area contributed by atoms with Gasteiger partial charge >= 0.3 is 0 Å². The lowest BCUT2D eigenvalue weighted by Gasteiger charge is -2.05. The van der Waals surface area contributed by atoms with Crippen LogP contribution in [0.4, 0.5) is 0 Å². The van der Waals surface area contributed by atoms with Crippen LogP contribution in [0.2, 0.25) is 0 Å². The van der Waals surface area contributed by atoms with Crippen molar-refractivity contribution >= 4 is 6.08 Å². The molecule has 0 atom stereocenters. The van der Waals surface area contributed by atoms with Crippen LogP contribution >= 0.6 is 0 Å². The van der Waals surface area contributed by atoms with Crippen molar-refractivity contribution in [3.05, 3.63) is 66.2 Å². The fraction of sp³-hybridized carbons (Fsp3) is 0.125. The zero-order valence-corrected chi connectivity index (χ0v) is 9.97. The van der Waals surface area contributed by atoms with Gasteiger partial charge in [0.05, 0.1) is 0 Å². The topological polar surface area (TPSA) is 9.23 Å². The van der Waals surface area contributed by atoms with Gasteiger partial charge in [-0.3, -0.25) is 0 Å². The number of para-hydroxylation sites is 1. The van der Waals surface area contributed by atoms with Crippen molar-refractivity contribution in [1.82, 2.24) is 0 Å². The van der Waals surface area contributed by atoms with Crippen LogP contribution in [0.15, 0.2) is 60.7 Å². The maximum Gasteiger partial charge on any atom is 0.127 e. The highest BCUT2D eigenvalue weighted by Crippen LogP contribution is 2.21. The molecular weight excluding hydrogens is 208 g/mol. The molecule has 0 unspecified atom stereocenters. The summed E-state index contributed by atoms with van der Waals surface area (Å²) in [4.78, 5) is 0. The Labute approximate surface area is 102 Å². The van der Waals surface area contributed by atoms with Crippen LogP contribution in [-0.2, 0) is 0 Å². The summed E-state index contributed by atoms with van der Waals surface area (Å²) in [5, 5.41) is 0. The first-order valence-electron chi connectivity index (χ1n) is 5.88. The van der Waals surface area contributed by atoms with Crippen LogP contribution in [-0.4, -0.2) is 0 Å². The molecule has 1 heteroatoms. The molecule has 2 rings (SSSR count). The normalized spacial score (nSPS) is 10.6. The molecule has 0 bridgehead atoms. The quantitative estimate of drug-likeness (QED) is 0.717. The summed E-state index contributed by atoms with van der Waals surface area (Å²) in [6, 6.07) is 17.9. The molecule has 86 valence electrons. The maximum absolute atomic E-state index is 5.71. The van der Waals surface area contributed by atoms with Gasteiger partial charge in [-0.2, -0.15) is 0 Å². The summed E-state index contributed by atoms with van der Waals surface area (Å²) >= 11 is 0. The highest BCUT2D eigenvalue weighted by molar-refractivity contribution is 5.50. The van der Waals surface area contributed by atoms with Crippen molar-refractivity contribution < 1.29 is 4.74 Å². The molecule has 1 nitrogen and oxygen atoms in total. The number of allylic oxidation sites excluding steroid dienone is 1. The van der Waals surface area contributed by atoms with E-state index in [4.69, 9.17) is 4.74 Å². The minimum Gasteiger partial charge on any atom is -0.457 e. The predicted octanol–water partition coefficient (Wildman–Crippen LogP) is 4.90. The van der Waals surface area contributed by atoms with Gasteiger partial charge in [0.1, 0.15) is 11.5 Å². The van der Waals surface area contributed by atoms with Gasteiger partial charge in [0.25, 0.3) is 0 Å². The van der Waals surface area contributed by atoms with E-state index in [0.717, 1.165) is 17.9 Å². The highest BCUT2D eigenvalue weighted by Gasteiger charge is 1.95. The summed E-state index contributed by atoms with van der Waals surface area (Å²) in [5.74, 6) is 1.73. The lowest BCUT2D eigenvalue weighted by molar-refractivity contribution is 0.482. The van der Waals surface area contributed by atoms with Crippen LogP contribution in [0.1, 0.15) is 18.9 Å². The summed E-state index contributed by atoms with van der Waals surface area (Å²) < 4.78 is 5.71. The minimum absolute atomic E-state index is 0.865. The van der Waals surface area contributed by atoms with E-state index in [9.17, 15) is 0 Å². The molecule has 0 heterocycles. The second-order valence-corrected chi connectivity index (χ2v) is 3.79. The zero-order chi connectivity index (χ0) is 11.9. The molecule has 0 aliphatic rings. The molecule has 0 aliphatic carbocycles. The molecule has 2 aromatic carbocycles. The Bertz CT molecular complexity index is 469. The fourth-order valence-electron chi connectivity index (χ4n) is 1.53. The van der Waals surface area contributed by atoms with E-state index >= 15 is 0 Å². The van der Waals surface area contributed by atoms with E-state index in [0.29, 0.717) is 0 Å². The number of benzene rings is 2. The second kappa shape index (κ2) is 5.90. The largest absolute Gasteiger partial charge is 0.457 e. The molecule has 0 radical (unpaired) electrons. The average Bonchev–Trinajstić information content (AvgIpc) is 2.39. The zero-order valence-electron chi connectivity index (χ0n) is 9.97. The molecule has 0 saturated heterocycles. The Balaban J connectivity index is 2.06. The Kier molecular flexibility index (Phi) is 3.98. The molecule has 17 heavy (non-hydrogen) atoms. The van der Waals surface area contributed by atoms with E-state index < -0.39 is 0 Å². The molecule has 0 fully saturated rings. The monoisotopic (exact) mass is 224 g/mol. The molecule has 0 spiro atoms. The van der Waals surface area contributed by atoms with Crippen LogP contribution in [0.5, 0.6) is 11.5 Å². The lowest BCUT2D eigenvalue weighted by Crippen LogP contribution is -1.83. The van der Waals surface area contributed by atoms with E-state index in [1.165, 1.54) is 5.56 Å². The Morgan fingerprint density at radius 2 is 1.53 bits per heavy atom. The summed E-state index contributed by atoms with van der Waals surface area (Å²) in [6.45, 7) is 2.13. The SMILES string of the molecule is CC/C=C/c1ccc(Oc2ccccc2)cc1. The summed E-state index contributed by atoms with van der Waals surface area (Å²) in [6.07, 6.45) is 5.32. The Morgan fingerprint density at radius 3 is 2.18 bits per heavy atom. The van der Waals surface area contributed by atoms with Gasteiger partial charge in [-0.15, -0.1) is 0 Å². The molecule has 0 aliphatic heterocycles. The average molecular weight is 224 g/mol. The first-order valence-corrected chi connectivity index (χ1v) is 5.88. The fourth-order valence-corrected chi connectivity index (χ4v) is 1.53. The summed E-state index contributed by atoms with van der Waals surface area (Å²) in [7, 11) is 0. The Morgan fingerprint density at radius 1 is 0.882 bits per heavy atom. The third-order valence-electron chi connectivity index (χ3n) is 2.41. The van der Waals surface area contributed by atoms with Crippen molar-refractivity contribution in [3.63, 3.8) is 0 Å². The van der Waals surface area contributed by atoms with Gasteiger partial charge in [0.2, 0.25) is 0 Å². The summed E-state index contributed by atoms with van der Waals surface area (Å²) in [5.41, 5.74) is 1.20. The smallest absolute Gasteiger partial charge is 0.127 e. The van der Waals surface area contributed by atoms with E-state index in [1.54, 1.807) is 0 Å². The van der Waals surface area contributed by atoms with Gasteiger partial charge < -0.3 is 4.74 Å². The van der Waals surface area contributed by atoms with Gasteiger partial charge in [-0.1, -0.05) is 49.4 Å². The Hall–Kier alpha value is -2.02. The van der Waals surface area contributed by atoms with Gasteiger partial charge in [0.15, 0.2) is 0 Å². The number of hydrogen-bond donors (Lipinski definition) is 0. The van der Waals surface area contributed by atoms with Gasteiger partial charge in [-0.25, -0.2) is 0 Å². The maximum atomic E-state index is 5.71. The molecule has 0 aromatic heterocycles. The van der Waals surface area contributed by atoms with Crippen LogP contribution in [0, 0.1) is 0 Å². The predicted molar refractivity (Wildman–Crippen MR) is 72.3 cm³/mol. The molecule has 2 aromatic rings. The first kappa shape index (κ1) is 11.5. The van der Waals surface area contributed by atoms with E-state index in [2.05, 4.69) is 31.2 Å². The molecular formula is C16H16O. The molecule has 0 amide bonds. The van der Waals surface area contributed by atoms with Crippen LogP contribution in [0.3, 0.4) is 0 Å². The molecule has 0 saturated carbocycles.